The van der Waals surface area contributed by atoms with E-state index in [0.717, 1.165) is 5.56 Å². The summed E-state index contributed by atoms with van der Waals surface area (Å²) < 4.78 is 41.9. The molecule has 0 aliphatic carbocycles. The number of halogens is 3. The normalized spacial score (nSPS) is 10.7. The van der Waals surface area contributed by atoms with Crippen LogP contribution in [0.4, 0.5) is 9.57 Å². The van der Waals surface area contributed by atoms with Crippen molar-refractivity contribution in [2.45, 2.75) is 11.4 Å². The van der Waals surface area contributed by atoms with Crippen molar-refractivity contribution in [3.8, 4) is 5.75 Å². The minimum Gasteiger partial charge on any atom is -1.00 e. The van der Waals surface area contributed by atoms with Crippen LogP contribution in [0.2, 0.25) is 5.02 Å². The van der Waals surface area contributed by atoms with Gasteiger partial charge in [0.15, 0.2) is 25.5 Å². The maximum Gasteiger partial charge on any atom is 0.332 e. The third-order valence-electron chi connectivity index (χ3n) is 3.90. The second-order valence-electron chi connectivity index (χ2n) is 6.14. The van der Waals surface area contributed by atoms with E-state index >= 15 is 0 Å². The molecule has 2 aromatic carbocycles. The summed E-state index contributed by atoms with van der Waals surface area (Å²) in [5.41, 5.74) is 1.34. The number of carbonyl (C=O) groups excluding carboxylic acids is 1. The van der Waals surface area contributed by atoms with Crippen molar-refractivity contribution in [2.75, 3.05) is 11.9 Å². The summed E-state index contributed by atoms with van der Waals surface area (Å²) in [5.74, 6) is 0.210. The minimum atomic E-state index is -4.71. The molecule has 0 saturated heterocycles. The number of hydrogen-bond donors (Lipinski definition) is 1. The van der Waals surface area contributed by atoms with Crippen LogP contribution in [0, 0.1) is 0 Å². The van der Waals surface area contributed by atoms with E-state index in [0.29, 0.717) is 23.0 Å². The van der Waals surface area contributed by atoms with Crippen LogP contribution in [0.1, 0.15) is 5.56 Å². The first kappa shape index (κ1) is 23.8. The van der Waals surface area contributed by atoms with Gasteiger partial charge in [-0.2, -0.15) is 13.0 Å². The monoisotopic (exact) mass is 514 g/mol. The Hall–Kier alpha value is -2.49. The number of ether oxygens (including phenoxy) is 1. The predicted molar refractivity (Wildman–Crippen MR) is 106 cm³/mol. The lowest BCUT2D eigenvalue weighted by Crippen LogP contribution is -3.00. The quantitative estimate of drug-likeness (QED) is 0.364. The molecule has 1 heterocycles. The van der Waals surface area contributed by atoms with Gasteiger partial charge < -0.3 is 27.0 Å². The van der Waals surface area contributed by atoms with Crippen LogP contribution in [0.25, 0.3) is 0 Å². The molecule has 0 saturated carbocycles. The zero-order valence-corrected chi connectivity index (χ0v) is 18.6. The molecule has 0 fully saturated rings. The first-order valence-corrected chi connectivity index (χ1v) is 10.3. The zero-order valence-electron chi connectivity index (χ0n) is 15.5. The molecule has 1 aromatic heterocycles. The largest absolute Gasteiger partial charge is 1.00 e. The van der Waals surface area contributed by atoms with Gasteiger partial charge in [0, 0.05) is 16.7 Å². The molecule has 30 heavy (non-hydrogen) atoms. The van der Waals surface area contributed by atoms with E-state index < -0.39 is 10.2 Å². The SMILES string of the molecule is O=C(COc1ccc(Cl)cc1)Nc1ccc[n+](Cc2ccc(S(=O)(=O)F)cc2)c1.[Br-]. The van der Waals surface area contributed by atoms with Gasteiger partial charge in [-0.1, -0.05) is 23.7 Å². The molecule has 158 valence electrons. The molecule has 0 unspecified atom stereocenters. The maximum absolute atomic E-state index is 13.0. The summed E-state index contributed by atoms with van der Waals surface area (Å²) in [6.45, 7) is 0.257. The molecule has 1 N–H and O–H groups in total. The number of rotatable bonds is 7. The van der Waals surface area contributed by atoms with Crippen LogP contribution in [-0.4, -0.2) is 20.9 Å². The molecule has 0 aliphatic heterocycles. The summed E-state index contributed by atoms with van der Waals surface area (Å²) in [7, 11) is -4.71. The molecule has 0 bridgehead atoms. The molecule has 3 aromatic rings. The zero-order chi connectivity index (χ0) is 20.9. The second kappa shape index (κ2) is 10.5. The molecule has 0 spiro atoms. The molecule has 6 nitrogen and oxygen atoms in total. The fraction of sp³-hybridized carbons (Fsp3) is 0.100. The molecule has 1 amide bonds. The lowest BCUT2D eigenvalue weighted by molar-refractivity contribution is -0.687. The Morgan fingerprint density at radius 1 is 1.07 bits per heavy atom. The van der Waals surface area contributed by atoms with E-state index in [-0.39, 0.29) is 34.4 Å². The highest BCUT2D eigenvalue weighted by Gasteiger charge is 2.12. The van der Waals surface area contributed by atoms with Crippen molar-refractivity contribution in [3.63, 3.8) is 0 Å². The Morgan fingerprint density at radius 3 is 2.37 bits per heavy atom. The van der Waals surface area contributed by atoms with Gasteiger partial charge >= 0.3 is 10.2 Å². The standard InChI is InChI=1S/C20H16ClFN2O4S.BrH/c21-16-5-7-18(8-6-16)28-14-20(25)23-17-2-1-11-24(13-17)12-15-3-9-19(10-4-15)29(22,26)27;/h1-11,13H,12,14H2;1H. The first-order valence-electron chi connectivity index (χ1n) is 8.50. The van der Waals surface area contributed by atoms with E-state index in [2.05, 4.69) is 5.32 Å². The average Bonchev–Trinajstić information content (AvgIpc) is 2.67. The van der Waals surface area contributed by atoms with Gasteiger partial charge in [-0.25, -0.2) is 0 Å². The Bertz CT molecular complexity index is 1110. The topological polar surface area (TPSA) is 76.3 Å². The fourth-order valence-electron chi connectivity index (χ4n) is 2.54. The lowest BCUT2D eigenvalue weighted by atomic mass is 10.2. The van der Waals surface area contributed by atoms with E-state index in [1.807, 2.05) is 0 Å². The van der Waals surface area contributed by atoms with Crippen LogP contribution in [0.5, 0.6) is 5.75 Å². The van der Waals surface area contributed by atoms with Gasteiger partial charge in [0.2, 0.25) is 0 Å². The Kier molecular flexibility index (Phi) is 8.33. The van der Waals surface area contributed by atoms with Crippen LogP contribution in [0.15, 0.2) is 78.0 Å². The summed E-state index contributed by atoms with van der Waals surface area (Å²) in [5, 5.41) is 3.32. The number of amides is 1. The van der Waals surface area contributed by atoms with E-state index in [1.165, 1.54) is 24.3 Å². The predicted octanol–water partition coefficient (Wildman–Crippen LogP) is 0.355. The van der Waals surface area contributed by atoms with Crippen LogP contribution in [-0.2, 0) is 21.6 Å². The molecular weight excluding hydrogens is 499 g/mol. The third-order valence-corrected chi connectivity index (χ3v) is 4.98. The summed E-state index contributed by atoms with van der Waals surface area (Å²) in [6, 6.07) is 15.7. The van der Waals surface area contributed by atoms with Crippen molar-refractivity contribution in [2.24, 2.45) is 0 Å². The summed E-state index contributed by atoms with van der Waals surface area (Å²) >= 11 is 5.80. The van der Waals surface area contributed by atoms with Gasteiger partial charge in [0.1, 0.15) is 11.4 Å². The van der Waals surface area contributed by atoms with E-state index in [1.54, 1.807) is 53.4 Å². The minimum absolute atomic E-state index is 0. The highest BCUT2D eigenvalue weighted by Crippen LogP contribution is 2.16. The number of nitrogens with zero attached hydrogens (tertiary/aromatic N) is 1. The molecular formula is C20H17BrClFN2O4S. The fourth-order valence-corrected chi connectivity index (χ4v) is 3.13. The maximum atomic E-state index is 13.0. The summed E-state index contributed by atoms with van der Waals surface area (Å²) in [4.78, 5) is 11.7. The molecule has 3 rings (SSSR count). The van der Waals surface area contributed by atoms with Gasteiger partial charge in [-0.3, -0.25) is 4.79 Å². The number of hydrogen-bond acceptors (Lipinski definition) is 4. The van der Waals surface area contributed by atoms with Crippen LogP contribution < -0.4 is 31.6 Å². The number of nitrogens with one attached hydrogen (secondary N) is 1. The van der Waals surface area contributed by atoms with Crippen molar-refractivity contribution in [1.29, 1.82) is 0 Å². The van der Waals surface area contributed by atoms with Crippen LogP contribution in [0.3, 0.4) is 0 Å². The number of benzene rings is 2. The van der Waals surface area contributed by atoms with E-state index in [4.69, 9.17) is 16.3 Å². The lowest BCUT2D eigenvalue weighted by Gasteiger charge is -2.07. The number of pyridine rings is 1. The molecule has 0 atom stereocenters. The van der Waals surface area contributed by atoms with Gasteiger partial charge in [-0.05, 0) is 42.5 Å². The Balaban J connectivity index is 0.00000320. The first-order chi connectivity index (χ1) is 13.8. The highest BCUT2D eigenvalue weighted by atomic mass is 79.9. The average molecular weight is 516 g/mol. The number of aromatic nitrogens is 1. The number of carbonyl (C=O) groups is 1. The number of anilines is 1. The van der Waals surface area contributed by atoms with Crippen molar-refractivity contribution < 1.29 is 43.4 Å². The van der Waals surface area contributed by atoms with Gasteiger partial charge in [0.05, 0.1) is 4.90 Å². The Labute approximate surface area is 189 Å². The van der Waals surface area contributed by atoms with Gasteiger partial charge in [-0.15, -0.1) is 3.89 Å². The molecule has 0 radical (unpaired) electrons. The Morgan fingerprint density at radius 2 is 1.73 bits per heavy atom. The smallest absolute Gasteiger partial charge is 0.332 e. The van der Waals surface area contributed by atoms with Crippen molar-refractivity contribution >= 4 is 33.4 Å². The highest BCUT2D eigenvalue weighted by molar-refractivity contribution is 7.86. The second-order valence-corrected chi connectivity index (χ2v) is 7.92. The molecule has 10 heteroatoms. The van der Waals surface area contributed by atoms with E-state index in [9.17, 15) is 17.1 Å². The van der Waals surface area contributed by atoms with Crippen molar-refractivity contribution in [3.05, 3.63) is 83.6 Å². The van der Waals surface area contributed by atoms with Crippen LogP contribution >= 0.6 is 11.6 Å². The summed E-state index contributed by atoms with van der Waals surface area (Å²) in [6.07, 6.45) is 3.51. The van der Waals surface area contributed by atoms with Crippen molar-refractivity contribution in [1.82, 2.24) is 0 Å². The third kappa shape index (κ3) is 7.08. The molecule has 0 aliphatic rings. The van der Waals surface area contributed by atoms with Gasteiger partial charge in [0.25, 0.3) is 5.91 Å².